The second-order valence-electron chi connectivity index (χ2n) is 6.69. The molecule has 0 unspecified atom stereocenters. The van der Waals surface area contributed by atoms with Gasteiger partial charge in [-0.3, -0.25) is 4.79 Å². The Morgan fingerprint density at radius 2 is 1.92 bits per heavy atom. The Labute approximate surface area is 145 Å². The van der Waals surface area contributed by atoms with Gasteiger partial charge >= 0.3 is 0 Å². The lowest BCUT2D eigenvalue weighted by Gasteiger charge is -2.15. The smallest absolute Gasteiger partial charge is 0.231 e. The zero-order valence-corrected chi connectivity index (χ0v) is 15.0. The maximum Gasteiger partial charge on any atom is 0.231 e. The number of nitrogens with one attached hydrogen (secondary N) is 1. The number of hydrogen-bond acceptors (Lipinski definition) is 4. The summed E-state index contributed by atoms with van der Waals surface area (Å²) in [5, 5.41) is 3.51. The number of hydrogen-bond donors (Lipinski definition) is 1. The van der Waals surface area contributed by atoms with E-state index in [1.807, 2.05) is 68.9 Å². The normalized spacial score (nSPS) is 11.5. The van der Waals surface area contributed by atoms with E-state index in [0.29, 0.717) is 5.13 Å². The summed E-state index contributed by atoms with van der Waals surface area (Å²) in [6.45, 7) is 5.65. The lowest BCUT2D eigenvalue weighted by molar-refractivity contribution is -0.123. The molecule has 2 heterocycles. The molecule has 24 heavy (non-hydrogen) atoms. The first-order valence-corrected chi connectivity index (χ1v) is 8.52. The van der Waals surface area contributed by atoms with Crippen LogP contribution in [0.5, 0.6) is 0 Å². The van der Waals surface area contributed by atoms with Crippen molar-refractivity contribution in [2.75, 3.05) is 5.32 Å². The van der Waals surface area contributed by atoms with Gasteiger partial charge in [-0.1, -0.05) is 62.4 Å². The number of amides is 1. The minimum atomic E-state index is -0.469. The molecule has 0 spiro atoms. The molecule has 0 radical (unpaired) electrons. The van der Waals surface area contributed by atoms with Gasteiger partial charge < -0.3 is 9.88 Å². The van der Waals surface area contributed by atoms with Gasteiger partial charge in [0.25, 0.3) is 0 Å². The molecule has 5 nitrogen and oxygen atoms in total. The lowest BCUT2D eigenvalue weighted by Crippen LogP contribution is -2.27. The van der Waals surface area contributed by atoms with Crippen LogP contribution in [-0.4, -0.2) is 20.4 Å². The van der Waals surface area contributed by atoms with Crippen molar-refractivity contribution in [3.05, 3.63) is 42.9 Å². The van der Waals surface area contributed by atoms with Crippen molar-refractivity contribution in [2.24, 2.45) is 12.5 Å². The standard InChI is InChI=1S/C18H20N4OS/c1-18(2,3)16(23)21-17-20-14(12-8-6-5-7-9-12)15(24-17)13-10-22(4)11-19-13/h5-11H,1-4H3,(H,20,21,23). The Kier molecular flexibility index (Phi) is 4.24. The Morgan fingerprint density at radius 1 is 1.21 bits per heavy atom. The number of benzene rings is 1. The number of rotatable bonds is 3. The highest BCUT2D eigenvalue weighted by Gasteiger charge is 2.24. The predicted octanol–water partition coefficient (Wildman–Crippen LogP) is 4.20. The van der Waals surface area contributed by atoms with E-state index in [1.54, 1.807) is 6.33 Å². The molecule has 0 atom stereocenters. The summed E-state index contributed by atoms with van der Waals surface area (Å²) in [6.07, 6.45) is 3.71. The van der Waals surface area contributed by atoms with Crippen LogP contribution in [0.4, 0.5) is 5.13 Å². The zero-order valence-electron chi connectivity index (χ0n) is 14.2. The number of aromatic nitrogens is 3. The van der Waals surface area contributed by atoms with Crippen molar-refractivity contribution in [2.45, 2.75) is 20.8 Å². The van der Waals surface area contributed by atoms with Crippen LogP contribution in [0.3, 0.4) is 0 Å². The molecule has 1 amide bonds. The fourth-order valence-corrected chi connectivity index (χ4v) is 3.10. The number of aryl methyl sites for hydroxylation is 1. The average molecular weight is 340 g/mol. The molecule has 3 rings (SSSR count). The summed E-state index contributed by atoms with van der Waals surface area (Å²) in [5.41, 5.74) is 2.23. The highest BCUT2D eigenvalue weighted by Crippen LogP contribution is 2.38. The predicted molar refractivity (Wildman–Crippen MR) is 97.8 cm³/mol. The van der Waals surface area contributed by atoms with E-state index < -0.39 is 5.41 Å². The first-order chi connectivity index (χ1) is 11.3. The third kappa shape index (κ3) is 3.38. The summed E-state index contributed by atoms with van der Waals surface area (Å²) in [5.74, 6) is -0.0524. The van der Waals surface area contributed by atoms with E-state index in [4.69, 9.17) is 0 Å². The summed E-state index contributed by atoms with van der Waals surface area (Å²) >= 11 is 1.45. The molecule has 3 aromatic rings. The van der Waals surface area contributed by atoms with Crippen LogP contribution in [0.25, 0.3) is 21.8 Å². The molecule has 0 saturated carbocycles. The van der Waals surface area contributed by atoms with Crippen molar-refractivity contribution in [1.29, 1.82) is 0 Å². The van der Waals surface area contributed by atoms with Crippen LogP contribution in [-0.2, 0) is 11.8 Å². The van der Waals surface area contributed by atoms with Crippen molar-refractivity contribution in [3.63, 3.8) is 0 Å². The number of thiazole rings is 1. The van der Waals surface area contributed by atoms with Gasteiger partial charge in [0.2, 0.25) is 5.91 Å². The number of imidazole rings is 1. The van der Waals surface area contributed by atoms with E-state index in [2.05, 4.69) is 15.3 Å². The maximum atomic E-state index is 12.3. The lowest BCUT2D eigenvalue weighted by atomic mass is 9.96. The van der Waals surface area contributed by atoms with Gasteiger partial charge in [-0.2, -0.15) is 0 Å². The second kappa shape index (κ2) is 6.20. The molecule has 0 bridgehead atoms. The largest absolute Gasteiger partial charge is 0.340 e. The molecule has 6 heteroatoms. The SMILES string of the molecule is Cn1cnc(-c2sc(NC(=O)C(C)(C)C)nc2-c2ccccc2)c1. The van der Waals surface area contributed by atoms with Gasteiger partial charge in [-0.05, 0) is 0 Å². The average Bonchev–Trinajstić information content (AvgIpc) is 3.13. The van der Waals surface area contributed by atoms with E-state index in [-0.39, 0.29) is 5.91 Å². The molecular formula is C18H20N4OS. The van der Waals surface area contributed by atoms with Crippen LogP contribution in [0.1, 0.15) is 20.8 Å². The fraction of sp³-hybridized carbons (Fsp3) is 0.278. The van der Waals surface area contributed by atoms with Crippen LogP contribution in [0.2, 0.25) is 0 Å². The number of carbonyl (C=O) groups is 1. The van der Waals surface area contributed by atoms with Gasteiger partial charge in [0, 0.05) is 24.2 Å². The molecule has 0 aliphatic rings. The quantitative estimate of drug-likeness (QED) is 0.777. The topological polar surface area (TPSA) is 59.8 Å². The molecular weight excluding hydrogens is 320 g/mol. The minimum absolute atomic E-state index is 0.0524. The summed E-state index contributed by atoms with van der Waals surface area (Å²) in [6, 6.07) is 9.95. The van der Waals surface area contributed by atoms with Crippen LogP contribution >= 0.6 is 11.3 Å². The second-order valence-corrected chi connectivity index (χ2v) is 7.69. The molecule has 0 fully saturated rings. The zero-order chi connectivity index (χ0) is 17.3. The van der Waals surface area contributed by atoms with Crippen molar-refractivity contribution in [3.8, 4) is 21.8 Å². The summed E-state index contributed by atoms with van der Waals surface area (Å²) in [4.78, 5) is 22.3. The maximum absolute atomic E-state index is 12.3. The van der Waals surface area contributed by atoms with E-state index in [0.717, 1.165) is 21.8 Å². The van der Waals surface area contributed by atoms with Crippen LogP contribution < -0.4 is 5.32 Å². The Balaban J connectivity index is 2.05. The Hall–Kier alpha value is -2.47. The van der Waals surface area contributed by atoms with E-state index in [9.17, 15) is 4.79 Å². The highest BCUT2D eigenvalue weighted by molar-refractivity contribution is 7.19. The summed E-state index contributed by atoms with van der Waals surface area (Å²) < 4.78 is 1.90. The third-order valence-corrected chi connectivity index (χ3v) is 4.51. The molecule has 1 N–H and O–H groups in total. The van der Waals surface area contributed by atoms with Gasteiger partial charge in [0.05, 0.1) is 16.9 Å². The first kappa shape index (κ1) is 16.4. The van der Waals surface area contributed by atoms with Gasteiger partial charge in [-0.15, -0.1) is 0 Å². The Bertz CT molecular complexity index is 859. The highest BCUT2D eigenvalue weighted by atomic mass is 32.1. The number of anilines is 1. The van der Waals surface area contributed by atoms with Gasteiger partial charge in [0.15, 0.2) is 5.13 Å². The third-order valence-electron chi connectivity index (χ3n) is 3.51. The van der Waals surface area contributed by atoms with Crippen molar-refractivity contribution < 1.29 is 4.79 Å². The molecule has 0 saturated heterocycles. The van der Waals surface area contributed by atoms with Crippen molar-refractivity contribution in [1.82, 2.24) is 14.5 Å². The molecule has 1 aromatic carbocycles. The van der Waals surface area contributed by atoms with Crippen LogP contribution in [0, 0.1) is 5.41 Å². The molecule has 124 valence electrons. The summed E-state index contributed by atoms with van der Waals surface area (Å²) in [7, 11) is 1.93. The number of carbonyl (C=O) groups excluding carboxylic acids is 1. The fourth-order valence-electron chi connectivity index (χ4n) is 2.15. The Morgan fingerprint density at radius 3 is 2.50 bits per heavy atom. The van der Waals surface area contributed by atoms with Gasteiger partial charge in [0.1, 0.15) is 5.69 Å². The van der Waals surface area contributed by atoms with E-state index >= 15 is 0 Å². The number of nitrogens with zero attached hydrogens (tertiary/aromatic N) is 3. The van der Waals surface area contributed by atoms with Crippen molar-refractivity contribution >= 4 is 22.4 Å². The minimum Gasteiger partial charge on any atom is -0.340 e. The molecule has 0 aliphatic carbocycles. The monoisotopic (exact) mass is 340 g/mol. The molecule has 2 aromatic heterocycles. The first-order valence-electron chi connectivity index (χ1n) is 7.70. The van der Waals surface area contributed by atoms with E-state index in [1.165, 1.54) is 11.3 Å². The van der Waals surface area contributed by atoms with Crippen LogP contribution in [0.15, 0.2) is 42.9 Å². The van der Waals surface area contributed by atoms with Gasteiger partial charge in [-0.25, -0.2) is 9.97 Å². The molecule has 0 aliphatic heterocycles.